The van der Waals surface area contributed by atoms with Crippen molar-refractivity contribution in [1.82, 2.24) is 4.57 Å². The summed E-state index contributed by atoms with van der Waals surface area (Å²) in [7, 11) is 0. The molecule has 0 radical (unpaired) electrons. The topological polar surface area (TPSA) is 51.1 Å². The van der Waals surface area contributed by atoms with Crippen LogP contribution in [0, 0.1) is 13.8 Å². The van der Waals surface area contributed by atoms with E-state index < -0.39 is 0 Å². The predicted molar refractivity (Wildman–Crippen MR) is 119 cm³/mol. The molecule has 0 unspecified atom stereocenters. The maximum atomic E-state index is 12.8. The fourth-order valence-corrected chi connectivity index (χ4v) is 3.76. The lowest BCUT2D eigenvalue weighted by Gasteiger charge is -2.15. The van der Waals surface area contributed by atoms with Crippen LogP contribution in [0.15, 0.2) is 71.5 Å². The zero-order valence-electron chi connectivity index (χ0n) is 16.7. The summed E-state index contributed by atoms with van der Waals surface area (Å²) in [6, 6.07) is 21.3. The van der Waals surface area contributed by atoms with E-state index in [1.54, 1.807) is 0 Å². The first kappa shape index (κ1) is 18.9. The number of carbonyl (C=O) groups excluding carboxylic acids is 1. The number of anilines is 1. The van der Waals surface area contributed by atoms with E-state index >= 15 is 0 Å². The van der Waals surface area contributed by atoms with Crippen LogP contribution in [0.25, 0.3) is 21.8 Å². The van der Waals surface area contributed by atoms with Gasteiger partial charge in [-0.2, -0.15) is 0 Å². The third-order valence-corrected chi connectivity index (χ3v) is 5.46. The van der Waals surface area contributed by atoms with Gasteiger partial charge in [0.15, 0.2) is 5.43 Å². The molecule has 4 heteroatoms. The van der Waals surface area contributed by atoms with Gasteiger partial charge >= 0.3 is 0 Å². The lowest BCUT2D eigenvalue weighted by Crippen LogP contribution is -2.15. The second-order valence-corrected chi connectivity index (χ2v) is 7.47. The zero-order valence-corrected chi connectivity index (χ0v) is 16.7. The van der Waals surface area contributed by atoms with E-state index in [1.165, 1.54) is 5.56 Å². The summed E-state index contributed by atoms with van der Waals surface area (Å²) in [5.41, 5.74) is 5.07. The molecule has 1 heterocycles. The second kappa shape index (κ2) is 7.92. The smallest absolute Gasteiger partial charge is 0.224 e. The van der Waals surface area contributed by atoms with E-state index in [0.29, 0.717) is 30.2 Å². The molecule has 146 valence electrons. The van der Waals surface area contributed by atoms with Crippen molar-refractivity contribution in [3.05, 3.63) is 88.1 Å². The predicted octanol–water partition coefficient (Wildman–Crippen LogP) is 5.19. The molecule has 1 N–H and O–H groups in total. The molecule has 1 aromatic heterocycles. The highest BCUT2D eigenvalue weighted by Crippen LogP contribution is 2.20. The van der Waals surface area contributed by atoms with Crippen molar-refractivity contribution < 1.29 is 4.79 Å². The first-order chi connectivity index (χ1) is 14.0. The average Bonchev–Trinajstić information content (AvgIpc) is 2.73. The van der Waals surface area contributed by atoms with Crippen LogP contribution in [0.3, 0.4) is 0 Å². The number of fused-ring (bicyclic) bond motifs is 2. The summed E-state index contributed by atoms with van der Waals surface area (Å²) in [5.74, 6) is 0.00269. The largest absolute Gasteiger partial charge is 0.340 e. The standard InChI is InChI=1S/C25H24N2O2/c1-17-13-14-19(16-18(17)2)26-24(28)12-7-15-27-22-10-5-3-8-20(22)25(29)21-9-4-6-11-23(21)27/h3-6,8-11,13-14,16H,7,12,15H2,1-2H3,(H,26,28). The highest BCUT2D eigenvalue weighted by Gasteiger charge is 2.11. The van der Waals surface area contributed by atoms with E-state index in [4.69, 9.17) is 0 Å². The molecule has 29 heavy (non-hydrogen) atoms. The summed E-state index contributed by atoms with van der Waals surface area (Å²) in [6.45, 7) is 4.76. The Bertz CT molecular complexity index is 1210. The van der Waals surface area contributed by atoms with Crippen molar-refractivity contribution in [2.45, 2.75) is 33.2 Å². The number of rotatable bonds is 5. The van der Waals surface area contributed by atoms with Crippen molar-refractivity contribution in [1.29, 1.82) is 0 Å². The van der Waals surface area contributed by atoms with Crippen LogP contribution < -0.4 is 10.7 Å². The number of pyridine rings is 1. The highest BCUT2D eigenvalue weighted by molar-refractivity contribution is 5.93. The third kappa shape index (κ3) is 3.79. The Hall–Kier alpha value is -3.40. The third-order valence-electron chi connectivity index (χ3n) is 5.46. The monoisotopic (exact) mass is 384 g/mol. The molecule has 4 aromatic rings. The Morgan fingerprint density at radius 3 is 2.10 bits per heavy atom. The maximum absolute atomic E-state index is 12.8. The highest BCUT2D eigenvalue weighted by atomic mass is 16.1. The second-order valence-electron chi connectivity index (χ2n) is 7.47. The lowest BCUT2D eigenvalue weighted by atomic mass is 10.1. The van der Waals surface area contributed by atoms with E-state index in [9.17, 15) is 9.59 Å². The molecule has 0 aliphatic carbocycles. The van der Waals surface area contributed by atoms with Gasteiger partial charge in [-0.25, -0.2) is 0 Å². The van der Waals surface area contributed by atoms with Crippen LogP contribution in [-0.2, 0) is 11.3 Å². The molecular formula is C25H24N2O2. The van der Waals surface area contributed by atoms with Gasteiger partial charge in [0.1, 0.15) is 0 Å². The van der Waals surface area contributed by atoms with Gasteiger partial charge < -0.3 is 9.88 Å². The van der Waals surface area contributed by atoms with Gasteiger partial charge in [-0.15, -0.1) is 0 Å². The molecule has 0 saturated heterocycles. The summed E-state index contributed by atoms with van der Waals surface area (Å²) in [6.07, 6.45) is 1.11. The number of aryl methyl sites for hydroxylation is 3. The van der Waals surface area contributed by atoms with Crippen molar-refractivity contribution in [3.8, 4) is 0 Å². The SMILES string of the molecule is Cc1ccc(NC(=O)CCCn2c3ccccc3c(=O)c3ccccc32)cc1C. The molecule has 1 amide bonds. The van der Waals surface area contributed by atoms with Crippen LogP contribution in [-0.4, -0.2) is 10.5 Å². The van der Waals surface area contributed by atoms with Gasteiger partial charge in [-0.1, -0.05) is 30.3 Å². The van der Waals surface area contributed by atoms with Gasteiger partial charge in [0.05, 0.1) is 11.0 Å². The number of nitrogens with one attached hydrogen (secondary N) is 1. The van der Waals surface area contributed by atoms with Crippen LogP contribution in [0.1, 0.15) is 24.0 Å². The van der Waals surface area contributed by atoms with E-state index in [0.717, 1.165) is 22.3 Å². The number of benzene rings is 3. The number of nitrogens with zero attached hydrogens (tertiary/aromatic N) is 1. The number of para-hydroxylation sites is 2. The lowest BCUT2D eigenvalue weighted by molar-refractivity contribution is -0.116. The molecular weight excluding hydrogens is 360 g/mol. The number of hydrogen-bond donors (Lipinski definition) is 1. The average molecular weight is 384 g/mol. The maximum Gasteiger partial charge on any atom is 0.224 e. The van der Waals surface area contributed by atoms with Crippen molar-refractivity contribution in [2.75, 3.05) is 5.32 Å². The van der Waals surface area contributed by atoms with Crippen LogP contribution in [0.4, 0.5) is 5.69 Å². The quantitative estimate of drug-likeness (QED) is 0.481. The Labute approximate surface area is 169 Å². The van der Waals surface area contributed by atoms with Gasteiger partial charge in [0.2, 0.25) is 5.91 Å². The first-order valence-electron chi connectivity index (χ1n) is 9.92. The van der Waals surface area contributed by atoms with Crippen molar-refractivity contribution in [2.24, 2.45) is 0 Å². The molecule has 0 fully saturated rings. The number of amides is 1. The number of carbonyl (C=O) groups is 1. The van der Waals surface area contributed by atoms with Crippen molar-refractivity contribution in [3.63, 3.8) is 0 Å². The normalized spacial score (nSPS) is 11.1. The van der Waals surface area contributed by atoms with E-state index in [2.05, 4.69) is 16.8 Å². The zero-order chi connectivity index (χ0) is 20.4. The first-order valence-corrected chi connectivity index (χ1v) is 9.92. The molecule has 4 nitrogen and oxygen atoms in total. The summed E-state index contributed by atoms with van der Waals surface area (Å²) in [4.78, 5) is 25.2. The Balaban J connectivity index is 1.55. The minimum absolute atomic E-state index is 0.00269. The summed E-state index contributed by atoms with van der Waals surface area (Å²) in [5, 5.41) is 4.41. The molecule has 0 bridgehead atoms. The fraction of sp³-hybridized carbons (Fsp3) is 0.200. The van der Waals surface area contributed by atoms with Crippen LogP contribution >= 0.6 is 0 Å². The number of hydrogen-bond acceptors (Lipinski definition) is 2. The number of aromatic nitrogens is 1. The van der Waals surface area contributed by atoms with Gasteiger partial charge in [0.25, 0.3) is 0 Å². The van der Waals surface area contributed by atoms with Gasteiger partial charge in [-0.3, -0.25) is 9.59 Å². The summed E-state index contributed by atoms with van der Waals surface area (Å²) < 4.78 is 2.15. The molecule has 3 aromatic carbocycles. The molecule has 0 aliphatic rings. The molecule has 0 spiro atoms. The van der Waals surface area contributed by atoms with Gasteiger partial charge in [-0.05, 0) is 67.8 Å². The Morgan fingerprint density at radius 1 is 0.862 bits per heavy atom. The summed E-state index contributed by atoms with van der Waals surface area (Å²) >= 11 is 0. The Morgan fingerprint density at radius 2 is 1.48 bits per heavy atom. The van der Waals surface area contributed by atoms with Crippen LogP contribution in [0.2, 0.25) is 0 Å². The Kier molecular flexibility index (Phi) is 5.17. The minimum atomic E-state index is 0.00269. The van der Waals surface area contributed by atoms with E-state index in [-0.39, 0.29) is 11.3 Å². The van der Waals surface area contributed by atoms with Gasteiger partial charge in [0, 0.05) is 29.4 Å². The molecule has 0 saturated carbocycles. The fourth-order valence-electron chi connectivity index (χ4n) is 3.76. The van der Waals surface area contributed by atoms with Crippen molar-refractivity contribution >= 4 is 33.4 Å². The minimum Gasteiger partial charge on any atom is -0.340 e. The van der Waals surface area contributed by atoms with E-state index in [1.807, 2.05) is 73.7 Å². The van der Waals surface area contributed by atoms with Crippen LogP contribution in [0.5, 0.6) is 0 Å². The molecule has 0 atom stereocenters. The molecule has 4 rings (SSSR count). The molecule has 0 aliphatic heterocycles.